The Morgan fingerprint density at radius 3 is 2.94 bits per heavy atom. The van der Waals surface area contributed by atoms with E-state index in [0.717, 1.165) is 25.5 Å². The van der Waals surface area contributed by atoms with Crippen LogP contribution in [0.1, 0.15) is 24.7 Å². The lowest BCUT2D eigenvalue weighted by atomic mass is 10.2. The first-order valence-corrected chi connectivity index (χ1v) is 5.32. The van der Waals surface area contributed by atoms with E-state index in [1.165, 1.54) is 6.07 Å². The van der Waals surface area contributed by atoms with E-state index in [1.54, 1.807) is 0 Å². The van der Waals surface area contributed by atoms with Crippen LogP contribution in [-0.4, -0.2) is 16.5 Å². The van der Waals surface area contributed by atoms with Crippen molar-refractivity contribution in [1.82, 2.24) is 15.3 Å². The molecule has 0 radical (unpaired) electrons. The van der Waals surface area contributed by atoms with Gasteiger partial charge in [-0.3, -0.25) is 0 Å². The molecule has 1 saturated heterocycles. The molecule has 84 valence electrons. The van der Waals surface area contributed by atoms with Gasteiger partial charge in [0.25, 0.3) is 0 Å². The zero-order valence-corrected chi connectivity index (χ0v) is 8.56. The standard InChI is InChI=1S/C11H11F2N3/c12-6-4-7(13)10-9(5-6)15-11(16-10)8-2-1-3-14-8/h4-5,8,14H,1-3H2,(H,15,16). The van der Waals surface area contributed by atoms with Gasteiger partial charge in [0.15, 0.2) is 5.82 Å². The third-order valence-corrected chi connectivity index (χ3v) is 2.91. The molecular formula is C11H11F2N3. The second-order valence-corrected chi connectivity index (χ2v) is 4.05. The fraction of sp³-hybridized carbons (Fsp3) is 0.364. The molecule has 2 heterocycles. The summed E-state index contributed by atoms with van der Waals surface area (Å²) in [7, 11) is 0. The molecule has 0 aliphatic carbocycles. The zero-order chi connectivity index (χ0) is 11.1. The van der Waals surface area contributed by atoms with Crippen LogP contribution in [0.4, 0.5) is 8.78 Å². The normalized spacial score (nSPS) is 20.8. The van der Waals surface area contributed by atoms with Crippen LogP contribution < -0.4 is 5.32 Å². The molecule has 1 fully saturated rings. The maximum Gasteiger partial charge on any atom is 0.153 e. The molecule has 3 rings (SSSR count). The van der Waals surface area contributed by atoms with Crippen LogP contribution in [0.25, 0.3) is 11.0 Å². The topological polar surface area (TPSA) is 40.7 Å². The molecule has 0 amide bonds. The molecule has 1 aliphatic rings. The molecule has 2 aromatic rings. The molecule has 3 nitrogen and oxygen atoms in total. The predicted molar refractivity (Wildman–Crippen MR) is 56.0 cm³/mol. The number of halogens is 2. The Labute approximate surface area is 90.9 Å². The van der Waals surface area contributed by atoms with Crippen LogP contribution in [0.5, 0.6) is 0 Å². The number of fused-ring (bicyclic) bond motifs is 1. The SMILES string of the molecule is Fc1cc(F)c2nc(C3CCCN3)[nH]c2c1. The van der Waals surface area contributed by atoms with Crippen LogP contribution in [0, 0.1) is 11.6 Å². The molecule has 1 aliphatic heterocycles. The Kier molecular flexibility index (Phi) is 2.14. The molecule has 5 heteroatoms. The lowest BCUT2D eigenvalue weighted by Crippen LogP contribution is -2.14. The van der Waals surface area contributed by atoms with Crippen molar-refractivity contribution >= 4 is 11.0 Å². The van der Waals surface area contributed by atoms with Crippen molar-refractivity contribution in [2.45, 2.75) is 18.9 Å². The first-order chi connectivity index (χ1) is 7.74. The number of benzene rings is 1. The second kappa shape index (κ2) is 3.52. The Bertz CT molecular complexity index is 529. The minimum absolute atomic E-state index is 0.134. The molecule has 1 atom stereocenters. The molecular weight excluding hydrogens is 212 g/mol. The van der Waals surface area contributed by atoms with Gasteiger partial charge in [0.2, 0.25) is 0 Å². The number of nitrogens with zero attached hydrogens (tertiary/aromatic N) is 1. The highest BCUT2D eigenvalue weighted by atomic mass is 19.1. The Morgan fingerprint density at radius 2 is 2.19 bits per heavy atom. The summed E-state index contributed by atoms with van der Waals surface area (Å²) in [5.74, 6) is -0.507. The molecule has 2 N–H and O–H groups in total. The highest BCUT2D eigenvalue weighted by molar-refractivity contribution is 5.75. The van der Waals surface area contributed by atoms with Gasteiger partial charge in [-0.05, 0) is 25.5 Å². The lowest BCUT2D eigenvalue weighted by molar-refractivity contribution is 0.590. The summed E-state index contributed by atoms with van der Waals surface area (Å²) in [5, 5.41) is 3.26. The van der Waals surface area contributed by atoms with E-state index in [2.05, 4.69) is 15.3 Å². The predicted octanol–water partition coefficient (Wildman–Crippen LogP) is 2.27. The van der Waals surface area contributed by atoms with Gasteiger partial charge in [-0.25, -0.2) is 13.8 Å². The van der Waals surface area contributed by atoms with Crippen LogP contribution >= 0.6 is 0 Å². The zero-order valence-electron chi connectivity index (χ0n) is 8.56. The van der Waals surface area contributed by atoms with Crippen LogP contribution in [0.15, 0.2) is 12.1 Å². The molecule has 1 aromatic carbocycles. The van der Waals surface area contributed by atoms with E-state index in [-0.39, 0.29) is 11.6 Å². The van der Waals surface area contributed by atoms with E-state index >= 15 is 0 Å². The van der Waals surface area contributed by atoms with E-state index in [1.807, 2.05) is 0 Å². The fourth-order valence-corrected chi connectivity index (χ4v) is 2.14. The number of hydrogen-bond donors (Lipinski definition) is 2. The summed E-state index contributed by atoms with van der Waals surface area (Å²) in [5.41, 5.74) is 0.631. The monoisotopic (exact) mass is 223 g/mol. The number of hydrogen-bond acceptors (Lipinski definition) is 2. The number of nitrogens with one attached hydrogen (secondary N) is 2. The summed E-state index contributed by atoms with van der Waals surface area (Å²) >= 11 is 0. The van der Waals surface area contributed by atoms with Gasteiger partial charge < -0.3 is 10.3 Å². The molecule has 0 bridgehead atoms. The maximum atomic E-state index is 13.4. The number of aromatic amines is 1. The first-order valence-electron chi connectivity index (χ1n) is 5.32. The van der Waals surface area contributed by atoms with Gasteiger partial charge in [-0.15, -0.1) is 0 Å². The largest absolute Gasteiger partial charge is 0.340 e. The van der Waals surface area contributed by atoms with Crippen molar-refractivity contribution in [2.75, 3.05) is 6.54 Å². The number of aromatic nitrogens is 2. The quantitative estimate of drug-likeness (QED) is 0.778. The Balaban J connectivity index is 2.11. The summed E-state index contributed by atoms with van der Waals surface area (Å²) in [4.78, 5) is 7.14. The molecule has 16 heavy (non-hydrogen) atoms. The maximum absolute atomic E-state index is 13.4. The van der Waals surface area contributed by atoms with Gasteiger partial charge in [-0.1, -0.05) is 0 Å². The van der Waals surface area contributed by atoms with Crippen molar-refractivity contribution in [3.63, 3.8) is 0 Å². The van der Waals surface area contributed by atoms with Crippen LogP contribution in [-0.2, 0) is 0 Å². The number of rotatable bonds is 1. The van der Waals surface area contributed by atoms with Crippen LogP contribution in [0.3, 0.4) is 0 Å². The number of H-pyrrole nitrogens is 1. The van der Waals surface area contributed by atoms with Crippen molar-refractivity contribution in [3.05, 3.63) is 29.6 Å². The first kappa shape index (κ1) is 9.72. The van der Waals surface area contributed by atoms with Crippen LogP contribution in [0.2, 0.25) is 0 Å². The average Bonchev–Trinajstić information content (AvgIpc) is 2.82. The Hall–Kier alpha value is -1.49. The minimum atomic E-state index is -0.615. The smallest absolute Gasteiger partial charge is 0.153 e. The van der Waals surface area contributed by atoms with Gasteiger partial charge >= 0.3 is 0 Å². The van der Waals surface area contributed by atoms with Gasteiger partial charge in [0.1, 0.15) is 17.2 Å². The van der Waals surface area contributed by atoms with Gasteiger partial charge in [0.05, 0.1) is 11.6 Å². The fourth-order valence-electron chi connectivity index (χ4n) is 2.14. The highest BCUT2D eigenvalue weighted by Crippen LogP contribution is 2.24. The second-order valence-electron chi connectivity index (χ2n) is 4.05. The van der Waals surface area contributed by atoms with Gasteiger partial charge in [-0.2, -0.15) is 0 Å². The van der Waals surface area contributed by atoms with Crippen molar-refractivity contribution < 1.29 is 8.78 Å². The molecule has 0 saturated carbocycles. The molecule has 0 spiro atoms. The molecule has 1 aromatic heterocycles. The average molecular weight is 223 g/mol. The third-order valence-electron chi connectivity index (χ3n) is 2.91. The van der Waals surface area contributed by atoms with E-state index in [0.29, 0.717) is 11.3 Å². The van der Waals surface area contributed by atoms with E-state index in [9.17, 15) is 8.78 Å². The Morgan fingerprint density at radius 1 is 1.31 bits per heavy atom. The molecule has 1 unspecified atom stereocenters. The van der Waals surface area contributed by atoms with E-state index in [4.69, 9.17) is 0 Å². The van der Waals surface area contributed by atoms with Crippen molar-refractivity contribution in [1.29, 1.82) is 0 Å². The highest BCUT2D eigenvalue weighted by Gasteiger charge is 2.20. The minimum Gasteiger partial charge on any atom is -0.340 e. The third kappa shape index (κ3) is 1.48. The van der Waals surface area contributed by atoms with Gasteiger partial charge in [0, 0.05) is 6.07 Å². The van der Waals surface area contributed by atoms with Crippen molar-refractivity contribution in [3.8, 4) is 0 Å². The summed E-state index contributed by atoms with van der Waals surface area (Å²) < 4.78 is 26.4. The number of imidazole rings is 1. The summed E-state index contributed by atoms with van der Waals surface area (Å²) in [6.45, 7) is 0.943. The van der Waals surface area contributed by atoms with E-state index < -0.39 is 11.6 Å². The summed E-state index contributed by atoms with van der Waals surface area (Å²) in [6, 6.07) is 2.26. The summed E-state index contributed by atoms with van der Waals surface area (Å²) in [6.07, 6.45) is 2.06. The lowest BCUT2D eigenvalue weighted by Gasteiger charge is -2.04. The van der Waals surface area contributed by atoms with Crippen molar-refractivity contribution in [2.24, 2.45) is 0 Å².